The lowest BCUT2D eigenvalue weighted by atomic mass is 9.67. The minimum atomic E-state index is -0.830. The van der Waals surface area contributed by atoms with Crippen molar-refractivity contribution in [3.63, 3.8) is 0 Å². The van der Waals surface area contributed by atoms with Crippen LogP contribution in [0.1, 0.15) is 57.9 Å². The third-order valence-electron chi connectivity index (χ3n) is 8.93. The summed E-state index contributed by atoms with van der Waals surface area (Å²) in [6, 6.07) is 24.0. The summed E-state index contributed by atoms with van der Waals surface area (Å²) in [6.45, 7) is 3.81. The summed E-state index contributed by atoms with van der Waals surface area (Å²) in [5.41, 5.74) is 6.15. The molecule has 1 aliphatic carbocycles. The van der Waals surface area contributed by atoms with Crippen LogP contribution >= 0.6 is 0 Å². The molecular weight excluding hydrogens is 552 g/mol. The van der Waals surface area contributed by atoms with E-state index < -0.39 is 23.9 Å². The van der Waals surface area contributed by atoms with Gasteiger partial charge in [0.1, 0.15) is 5.75 Å². The number of para-hydroxylation sites is 1. The topological polar surface area (TPSA) is 110 Å². The van der Waals surface area contributed by atoms with E-state index in [1.54, 1.807) is 24.3 Å². The van der Waals surface area contributed by atoms with Gasteiger partial charge >= 0.3 is 0 Å². The molecule has 1 fully saturated rings. The third kappa shape index (κ3) is 6.64. The van der Waals surface area contributed by atoms with Gasteiger partial charge in [0.2, 0.25) is 11.8 Å². The molecule has 5 rings (SSSR count). The Hall–Kier alpha value is -4.20. The molecule has 4 N–H and O–H groups in total. The number of aliphatic hydroxyl groups is 2. The van der Waals surface area contributed by atoms with E-state index in [1.165, 1.54) is 10.5 Å². The van der Waals surface area contributed by atoms with Gasteiger partial charge in [0.15, 0.2) is 0 Å². The summed E-state index contributed by atoms with van der Waals surface area (Å²) in [6.07, 6.45) is 5.27. The molecule has 0 radical (unpaired) electrons. The van der Waals surface area contributed by atoms with Gasteiger partial charge in [-0.05, 0) is 91.8 Å². The number of anilines is 3. The lowest BCUT2D eigenvalue weighted by Crippen LogP contribution is -2.39. The summed E-state index contributed by atoms with van der Waals surface area (Å²) in [7, 11) is 0. The number of aromatic hydroxyl groups is 1. The fourth-order valence-corrected chi connectivity index (χ4v) is 6.81. The molecule has 2 aliphatic rings. The first-order valence-corrected chi connectivity index (χ1v) is 15.6. The van der Waals surface area contributed by atoms with Crippen LogP contribution in [0.25, 0.3) is 6.08 Å². The number of nitrogens with zero attached hydrogens (tertiary/aromatic N) is 1. The van der Waals surface area contributed by atoms with Crippen molar-refractivity contribution in [2.45, 2.75) is 58.5 Å². The lowest BCUT2D eigenvalue weighted by Gasteiger charge is -2.36. The smallest absolute Gasteiger partial charge is 0.238 e. The van der Waals surface area contributed by atoms with Crippen LogP contribution in [-0.2, 0) is 9.59 Å². The summed E-state index contributed by atoms with van der Waals surface area (Å²) >= 11 is 0. The fourth-order valence-electron chi connectivity index (χ4n) is 6.81. The number of hydrogen-bond donors (Lipinski definition) is 4. The maximum absolute atomic E-state index is 13.9. The predicted molar refractivity (Wildman–Crippen MR) is 174 cm³/mol. The number of imide groups is 1. The van der Waals surface area contributed by atoms with E-state index in [4.69, 9.17) is 0 Å². The van der Waals surface area contributed by atoms with Crippen LogP contribution in [0.15, 0.2) is 95.6 Å². The van der Waals surface area contributed by atoms with E-state index in [2.05, 4.69) is 18.3 Å². The molecule has 230 valence electrons. The molecule has 0 saturated carbocycles. The van der Waals surface area contributed by atoms with E-state index in [9.17, 15) is 24.9 Å². The van der Waals surface area contributed by atoms with Crippen LogP contribution in [0.5, 0.6) is 5.75 Å². The number of hydrogen-bond acceptors (Lipinski definition) is 6. The number of nitrogens with one attached hydrogen (secondary N) is 1. The number of fused-ring (bicyclic) bond motifs is 1. The van der Waals surface area contributed by atoms with Crippen LogP contribution < -0.4 is 10.2 Å². The predicted octanol–water partition coefficient (Wildman–Crippen LogP) is 6.99. The number of carbonyl (C=O) groups is 2. The van der Waals surface area contributed by atoms with Gasteiger partial charge in [0.25, 0.3) is 0 Å². The van der Waals surface area contributed by atoms with Crippen molar-refractivity contribution in [2.24, 2.45) is 17.8 Å². The molecule has 1 heterocycles. The third-order valence-corrected chi connectivity index (χ3v) is 8.93. The second-order valence-electron chi connectivity index (χ2n) is 11.8. The van der Waals surface area contributed by atoms with Crippen molar-refractivity contribution >= 4 is 35.0 Å². The quantitative estimate of drug-likeness (QED) is 0.133. The zero-order valence-corrected chi connectivity index (χ0v) is 25.4. The Morgan fingerprint density at radius 2 is 1.61 bits per heavy atom. The van der Waals surface area contributed by atoms with Gasteiger partial charge in [0.05, 0.1) is 30.2 Å². The van der Waals surface area contributed by atoms with Crippen molar-refractivity contribution in [2.75, 3.05) is 16.8 Å². The molecule has 0 bridgehead atoms. The molecule has 4 atom stereocenters. The first kappa shape index (κ1) is 31.2. The number of phenols is 1. The van der Waals surface area contributed by atoms with E-state index in [1.807, 2.05) is 61.5 Å². The molecule has 7 nitrogen and oxygen atoms in total. The Labute approximate surface area is 259 Å². The van der Waals surface area contributed by atoms with Gasteiger partial charge < -0.3 is 20.6 Å². The Balaban J connectivity index is 1.34. The van der Waals surface area contributed by atoms with Gasteiger partial charge in [0, 0.05) is 17.3 Å². The maximum atomic E-state index is 13.9. The van der Waals surface area contributed by atoms with E-state index >= 15 is 0 Å². The number of benzene rings is 3. The summed E-state index contributed by atoms with van der Waals surface area (Å²) < 4.78 is 0. The fraction of sp³-hybridized carbons (Fsp3) is 0.351. The van der Waals surface area contributed by atoms with Crippen molar-refractivity contribution in [3.8, 4) is 5.75 Å². The molecular formula is C37H42N2O5. The minimum Gasteiger partial charge on any atom is -0.508 e. The molecule has 3 aromatic carbocycles. The van der Waals surface area contributed by atoms with Gasteiger partial charge in [-0.3, -0.25) is 14.5 Å². The lowest BCUT2D eigenvalue weighted by molar-refractivity contribution is -0.123. The summed E-state index contributed by atoms with van der Waals surface area (Å²) in [5, 5.41) is 35.1. The molecule has 0 aromatic heterocycles. The average molecular weight is 595 g/mol. The minimum absolute atomic E-state index is 0.217. The number of rotatable bonds is 12. The Morgan fingerprint density at radius 1 is 0.932 bits per heavy atom. The summed E-state index contributed by atoms with van der Waals surface area (Å²) in [4.78, 5) is 28.9. The molecule has 1 aliphatic heterocycles. The Bertz CT molecular complexity index is 1510. The first-order chi connectivity index (χ1) is 21.3. The number of phenolic OH excluding ortho intramolecular Hbond substituents is 1. The van der Waals surface area contributed by atoms with Crippen LogP contribution in [0, 0.1) is 17.8 Å². The van der Waals surface area contributed by atoms with Gasteiger partial charge in [-0.2, -0.15) is 0 Å². The molecule has 0 unspecified atom stereocenters. The van der Waals surface area contributed by atoms with Crippen molar-refractivity contribution in [1.82, 2.24) is 0 Å². The molecule has 2 amide bonds. The van der Waals surface area contributed by atoms with Crippen LogP contribution in [0.4, 0.5) is 17.1 Å². The normalized spacial score (nSPS) is 21.0. The number of aliphatic hydroxyl groups excluding tert-OH is 2. The number of amides is 2. The van der Waals surface area contributed by atoms with Gasteiger partial charge in [-0.1, -0.05) is 67.8 Å². The molecule has 0 spiro atoms. The monoisotopic (exact) mass is 594 g/mol. The molecule has 7 heteroatoms. The van der Waals surface area contributed by atoms with E-state index in [0.717, 1.165) is 40.9 Å². The van der Waals surface area contributed by atoms with E-state index in [-0.39, 0.29) is 24.2 Å². The zero-order valence-electron chi connectivity index (χ0n) is 25.4. The molecule has 44 heavy (non-hydrogen) atoms. The molecule has 3 aromatic rings. The van der Waals surface area contributed by atoms with Gasteiger partial charge in [-0.15, -0.1) is 0 Å². The van der Waals surface area contributed by atoms with Crippen LogP contribution in [0.3, 0.4) is 0 Å². The Kier molecular flexibility index (Phi) is 9.98. The van der Waals surface area contributed by atoms with Crippen LogP contribution in [-0.4, -0.2) is 39.8 Å². The van der Waals surface area contributed by atoms with E-state index in [0.29, 0.717) is 31.4 Å². The SMILES string of the molecule is CCC/C(=C\c1ccc(O)cc1)CC[C@@H](O)C1=C(CC)C[C@H]2C(=O)N(c3ccc(Nc4ccccc4)cc3)C(=O)[C@H]2[C@H]1CO. The summed E-state index contributed by atoms with van der Waals surface area (Å²) in [5.74, 6) is -2.23. The number of carbonyl (C=O) groups excluding carboxylic acids is 2. The second-order valence-corrected chi connectivity index (χ2v) is 11.8. The number of allylic oxidation sites excluding steroid dienone is 2. The second kappa shape index (κ2) is 14.1. The standard InChI is InChI=1S/C37H42N2O5/c1-3-8-24(21-25-11-18-30(41)19-12-25)13-20-33(42)34-26(4-2)22-31-35(32(34)23-40)37(44)39(36(31)43)29-16-14-28(15-17-29)38-27-9-6-5-7-10-27/h5-7,9-12,14-19,21,31-33,35,38,40-42H,3-4,8,13,20,22-23H2,1-2H3/b24-21+/t31-,32+,33-,35-/m1/s1. The Morgan fingerprint density at radius 3 is 2.25 bits per heavy atom. The maximum Gasteiger partial charge on any atom is 0.238 e. The largest absolute Gasteiger partial charge is 0.508 e. The van der Waals surface area contributed by atoms with Gasteiger partial charge in [-0.25, -0.2) is 0 Å². The highest BCUT2D eigenvalue weighted by Gasteiger charge is 2.55. The highest BCUT2D eigenvalue weighted by Crippen LogP contribution is 2.48. The van der Waals surface area contributed by atoms with Crippen molar-refractivity contribution in [1.29, 1.82) is 0 Å². The average Bonchev–Trinajstić information content (AvgIpc) is 3.29. The molecule has 1 saturated heterocycles. The highest BCUT2D eigenvalue weighted by molar-refractivity contribution is 6.22. The highest BCUT2D eigenvalue weighted by atomic mass is 16.3. The van der Waals surface area contributed by atoms with Crippen LogP contribution in [0.2, 0.25) is 0 Å². The van der Waals surface area contributed by atoms with Crippen molar-refractivity contribution < 1.29 is 24.9 Å². The first-order valence-electron chi connectivity index (χ1n) is 15.6. The van der Waals surface area contributed by atoms with Crippen molar-refractivity contribution in [3.05, 3.63) is 101 Å². The zero-order chi connectivity index (χ0) is 31.2.